The highest BCUT2D eigenvalue weighted by Gasteiger charge is 2.09. The van der Waals surface area contributed by atoms with Crippen molar-refractivity contribution in [1.29, 1.82) is 0 Å². The van der Waals surface area contributed by atoms with Crippen LogP contribution < -0.4 is 5.32 Å². The van der Waals surface area contributed by atoms with Crippen LogP contribution in [0.4, 0.5) is 0 Å². The highest BCUT2D eigenvalue weighted by molar-refractivity contribution is 6.42. The molecule has 0 bridgehead atoms. The van der Waals surface area contributed by atoms with E-state index in [4.69, 9.17) is 27.6 Å². The minimum absolute atomic E-state index is 0.211. The Bertz CT molecular complexity index is 1090. The van der Waals surface area contributed by atoms with Gasteiger partial charge in [0.2, 0.25) is 5.89 Å². The maximum absolute atomic E-state index is 12.2. The first kappa shape index (κ1) is 17.6. The second kappa shape index (κ2) is 7.43. The molecule has 1 N–H and O–H groups in total. The highest BCUT2D eigenvalue weighted by atomic mass is 35.5. The van der Waals surface area contributed by atoms with Crippen LogP contribution in [0.3, 0.4) is 0 Å². The zero-order valence-electron chi connectivity index (χ0n) is 14.1. The zero-order valence-corrected chi connectivity index (χ0v) is 15.6. The van der Waals surface area contributed by atoms with Crippen LogP contribution in [0.2, 0.25) is 10.0 Å². The molecular weight excluding hydrogens is 383 g/mol. The first-order valence-corrected chi connectivity index (χ1v) is 9.04. The molecule has 4 aromatic rings. The van der Waals surface area contributed by atoms with E-state index in [1.165, 1.54) is 0 Å². The van der Waals surface area contributed by atoms with Crippen molar-refractivity contribution >= 4 is 40.2 Å². The van der Waals surface area contributed by atoms with Crippen LogP contribution in [0, 0.1) is 0 Å². The summed E-state index contributed by atoms with van der Waals surface area (Å²) in [7, 11) is 0. The number of amides is 1. The van der Waals surface area contributed by atoms with E-state index >= 15 is 0 Å². The monoisotopic (exact) mass is 396 g/mol. The first-order valence-electron chi connectivity index (χ1n) is 8.28. The number of nitrogens with one attached hydrogen (secondary N) is 1. The molecule has 0 unspecified atom stereocenters. The molecule has 1 amide bonds. The van der Waals surface area contributed by atoms with Gasteiger partial charge in [0.15, 0.2) is 5.58 Å². The average Bonchev–Trinajstić information content (AvgIpc) is 3.13. The Morgan fingerprint density at radius 3 is 2.48 bits per heavy atom. The van der Waals surface area contributed by atoms with Gasteiger partial charge in [-0.15, -0.1) is 0 Å². The number of benzene rings is 3. The van der Waals surface area contributed by atoms with Crippen molar-refractivity contribution in [1.82, 2.24) is 10.3 Å². The van der Waals surface area contributed by atoms with Crippen LogP contribution in [-0.4, -0.2) is 10.9 Å². The predicted octanol–water partition coefficient (Wildman–Crippen LogP) is 5.73. The summed E-state index contributed by atoms with van der Waals surface area (Å²) in [5, 5.41) is 3.64. The number of hydrogen-bond acceptors (Lipinski definition) is 3. The number of rotatable bonds is 4. The number of carbonyl (C=O) groups excluding carboxylic acids is 1. The Morgan fingerprint density at radius 2 is 1.74 bits per heavy atom. The minimum Gasteiger partial charge on any atom is -0.436 e. The molecular formula is C21H14Cl2N2O2. The van der Waals surface area contributed by atoms with Gasteiger partial charge in [-0.25, -0.2) is 4.98 Å². The van der Waals surface area contributed by atoms with Crippen LogP contribution in [0.1, 0.15) is 15.9 Å². The second-order valence-corrected chi connectivity index (χ2v) is 6.81. The van der Waals surface area contributed by atoms with E-state index in [1.54, 1.807) is 18.2 Å². The van der Waals surface area contributed by atoms with E-state index in [0.29, 0.717) is 28.0 Å². The van der Waals surface area contributed by atoms with Crippen molar-refractivity contribution in [3.63, 3.8) is 0 Å². The molecule has 0 aliphatic heterocycles. The van der Waals surface area contributed by atoms with E-state index in [-0.39, 0.29) is 5.91 Å². The van der Waals surface area contributed by atoms with Crippen LogP contribution in [0.25, 0.3) is 22.6 Å². The van der Waals surface area contributed by atoms with Crippen molar-refractivity contribution in [2.75, 3.05) is 0 Å². The van der Waals surface area contributed by atoms with E-state index in [0.717, 1.165) is 22.2 Å². The molecule has 0 fully saturated rings. The van der Waals surface area contributed by atoms with Crippen LogP contribution in [0.5, 0.6) is 0 Å². The van der Waals surface area contributed by atoms with E-state index in [1.807, 2.05) is 48.5 Å². The summed E-state index contributed by atoms with van der Waals surface area (Å²) in [6.07, 6.45) is 0. The third-order valence-electron chi connectivity index (χ3n) is 4.13. The fourth-order valence-corrected chi connectivity index (χ4v) is 2.98. The molecule has 1 heterocycles. The molecule has 0 radical (unpaired) electrons. The van der Waals surface area contributed by atoms with Gasteiger partial charge in [0, 0.05) is 17.7 Å². The number of hydrogen-bond donors (Lipinski definition) is 1. The lowest BCUT2D eigenvalue weighted by Gasteiger charge is -2.07. The fraction of sp³-hybridized carbons (Fsp3) is 0.0476. The molecule has 27 heavy (non-hydrogen) atoms. The summed E-state index contributed by atoms with van der Waals surface area (Å²) < 4.78 is 5.77. The van der Waals surface area contributed by atoms with Gasteiger partial charge in [0.05, 0.1) is 10.0 Å². The molecule has 6 heteroatoms. The Hall–Kier alpha value is -2.82. The average molecular weight is 397 g/mol. The van der Waals surface area contributed by atoms with Crippen molar-refractivity contribution in [2.24, 2.45) is 0 Å². The summed E-state index contributed by atoms with van der Waals surface area (Å²) in [5.74, 6) is 0.360. The molecule has 0 aliphatic rings. The number of aromatic nitrogens is 1. The van der Waals surface area contributed by atoms with Crippen molar-refractivity contribution in [3.8, 4) is 11.5 Å². The lowest BCUT2D eigenvalue weighted by molar-refractivity contribution is 0.0951. The van der Waals surface area contributed by atoms with Gasteiger partial charge < -0.3 is 9.73 Å². The van der Waals surface area contributed by atoms with Crippen molar-refractivity contribution < 1.29 is 9.21 Å². The number of nitrogens with zero attached hydrogens (tertiary/aromatic N) is 1. The first-order chi connectivity index (χ1) is 13.1. The summed E-state index contributed by atoms with van der Waals surface area (Å²) in [4.78, 5) is 16.7. The smallest absolute Gasteiger partial charge is 0.251 e. The van der Waals surface area contributed by atoms with Crippen LogP contribution in [0.15, 0.2) is 71.1 Å². The van der Waals surface area contributed by atoms with Crippen molar-refractivity contribution in [3.05, 3.63) is 87.9 Å². The SMILES string of the molecule is O=C(NCc1ccc(-c2nc3ccccc3o2)cc1)c1ccc(Cl)c(Cl)c1. The largest absolute Gasteiger partial charge is 0.436 e. The number of fused-ring (bicyclic) bond motifs is 1. The maximum Gasteiger partial charge on any atom is 0.251 e. The molecule has 0 saturated heterocycles. The van der Waals surface area contributed by atoms with Gasteiger partial charge in [0.1, 0.15) is 5.52 Å². The molecule has 3 aromatic carbocycles. The van der Waals surface area contributed by atoms with Gasteiger partial charge in [-0.1, -0.05) is 47.5 Å². The number of oxazole rings is 1. The van der Waals surface area contributed by atoms with E-state index in [9.17, 15) is 4.79 Å². The Balaban J connectivity index is 1.44. The number of para-hydroxylation sites is 2. The summed E-state index contributed by atoms with van der Waals surface area (Å²) in [5.41, 5.74) is 3.89. The predicted molar refractivity (Wildman–Crippen MR) is 107 cm³/mol. The van der Waals surface area contributed by atoms with E-state index in [2.05, 4.69) is 10.3 Å². The van der Waals surface area contributed by atoms with Gasteiger partial charge in [0.25, 0.3) is 5.91 Å². The Morgan fingerprint density at radius 1 is 0.963 bits per heavy atom. The molecule has 134 valence electrons. The summed E-state index contributed by atoms with van der Waals surface area (Å²) >= 11 is 11.8. The fourth-order valence-electron chi connectivity index (χ4n) is 2.68. The highest BCUT2D eigenvalue weighted by Crippen LogP contribution is 2.25. The molecule has 0 atom stereocenters. The van der Waals surface area contributed by atoms with Gasteiger partial charge in [-0.3, -0.25) is 4.79 Å². The quantitative estimate of drug-likeness (QED) is 0.478. The third-order valence-corrected chi connectivity index (χ3v) is 4.87. The Kier molecular flexibility index (Phi) is 4.84. The maximum atomic E-state index is 12.2. The normalized spacial score (nSPS) is 10.9. The minimum atomic E-state index is -0.211. The second-order valence-electron chi connectivity index (χ2n) is 6.00. The molecule has 4 nitrogen and oxygen atoms in total. The van der Waals surface area contributed by atoms with Crippen molar-refractivity contribution in [2.45, 2.75) is 6.54 Å². The lowest BCUT2D eigenvalue weighted by atomic mass is 10.1. The van der Waals surface area contributed by atoms with Crippen LogP contribution >= 0.6 is 23.2 Å². The molecule has 0 aliphatic carbocycles. The third kappa shape index (κ3) is 3.82. The standard InChI is InChI=1S/C21H14Cl2N2O2/c22-16-10-9-15(11-17(16)23)20(26)24-12-13-5-7-14(8-6-13)21-25-18-3-1-2-4-19(18)27-21/h1-11H,12H2,(H,24,26). The van der Waals surface area contributed by atoms with Gasteiger partial charge >= 0.3 is 0 Å². The topological polar surface area (TPSA) is 55.1 Å². The van der Waals surface area contributed by atoms with E-state index < -0.39 is 0 Å². The van der Waals surface area contributed by atoms with Gasteiger partial charge in [-0.05, 0) is 48.0 Å². The molecule has 0 saturated carbocycles. The number of halogens is 2. The van der Waals surface area contributed by atoms with Gasteiger partial charge in [-0.2, -0.15) is 0 Å². The molecule has 0 spiro atoms. The summed E-state index contributed by atoms with van der Waals surface area (Å²) in [6, 6.07) is 20.1. The molecule has 4 rings (SSSR count). The number of carbonyl (C=O) groups is 1. The zero-order chi connectivity index (χ0) is 18.8. The van der Waals surface area contributed by atoms with Crippen LogP contribution in [-0.2, 0) is 6.54 Å². The Labute approximate surface area is 165 Å². The lowest BCUT2D eigenvalue weighted by Crippen LogP contribution is -2.22. The molecule has 1 aromatic heterocycles. The summed E-state index contributed by atoms with van der Waals surface area (Å²) in [6.45, 7) is 0.396.